The average molecular weight is 310 g/mol. The van der Waals surface area contributed by atoms with Crippen LogP contribution in [-0.2, 0) is 6.54 Å². The third-order valence-electron chi connectivity index (χ3n) is 3.30. The Hall–Kier alpha value is -1.52. The molecule has 1 fully saturated rings. The van der Waals surface area contributed by atoms with E-state index in [2.05, 4.69) is 15.5 Å². The lowest BCUT2D eigenvalue weighted by molar-refractivity contribution is 0.0946. The minimum absolute atomic E-state index is 0.209. The maximum Gasteiger partial charge on any atom is 0.272 e. The van der Waals surface area contributed by atoms with Crippen molar-refractivity contribution < 1.29 is 4.79 Å². The summed E-state index contributed by atoms with van der Waals surface area (Å²) < 4.78 is 0. The second-order valence-corrected chi connectivity index (χ2v) is 5.74. The lowest BCUT2D eigenvalue weighted by Gasteiger charge is -2.05. The molecule has 1 heterocycles. The molecule has 1 aliphatic rings. The number of halogens is 2. The molecule has 0 saturated heterocycles. The van der Waals surface area contributed by atoms with Gasteiger partial charge in [0.1, 0.15) is 5.69 Å². The molecule has 1 aliphatic carbocycles. The van der Waals surface area contributed by atoms with Gasteiger partial charge in [0, 0.05) is 28.2 Å². The molecule has 0 aliphatic heterocycles. The van der Waals surface area contributed by atoms with E-state index in [1.165, 1.54) is 12.8 Å². The van der Waals surface area contributed by atoms with E-state index < -0.39 is 0 Å². The standard InChI is InChI=1S/C14H13Cl2N3O/c15-10-4-3-9(11(16)5-10)7-17-14(20)13-6-12(18-19-13)8-1-2-8/h3-6,8H,1-2,7H2,(H,17,20)(H,18,19). The van der Waals surface area contributed by atoms with Crippen molar-refractivity contribution in [3.8, 4) is 0 Å². The van der Waals surface area contributed by atoms with E-state index >= 15 is 0 Å². The molecule has 1 amide bonds. The summed E-state index contributed by atoms with van der Waals surface area (Å²) in [5.41, 5.74) is 2.28. The Balaban J connectivity index is 1.63. The third-order valence-corrected chi connectivity index (χ3v) is 3.89. The van der Waals surface area contributed by atoms with Crippen LogP contribution < -0.4 is 5.32 Å². The predicted octanol–water partition coefficient (Wildman–Crippen LogP) is 3.52. The number of aromatic nitrogens is 2. The van der Waals surface area contributed by atoms with Crippen molar-refractivity contribution in [3.63, 3.8) is 0 Å². The van der Waals surface area contributed by atoms with Crippen LogP contribution in [0.4, 0.5) is 0 Å². The van der Waals surface area contributed by atoms with Crippen molar-refractivity contribution in [3.05, 3.63) is 51.3 Å². The largest absolute Gasteiger partial charge is 0.347 e. The monoisotopic (exact) mass is 309 g/mol. The number of carbonyl (C=O) groups is 1. The molecule has 0 radical (unpaired) electrons. The number of rotatable bonds is 4. The number of aromatic amines is 1. The molecule has 2 N–H and O–H groups in total. The number of hydrogen-bond acceptors (Lipinski definition) is 2. The molecular weight excluding hydrogens is 297 g/mol. The zero-order chi connectivity index (χ0) is 14.1. The second-order valence-electron chi connectivity index (χ2n) is 4.90. The Morgan fingerprint density at radius 1 is 1.35 bits per heavy atom. The van der Waals surface area contributed by atoms with Crippen LogP contribution in [0, 0.1) is 0 Å². The first kappa shape index (κ1) is 13.5. The van der Waals surface area contributed by atoms with Gasteiger partial charge in [-0.3, -0.25) is 9.89 Å². The lowest BCUT2D eigenvalue weighted by Crippen LogP contribution is -2.23. The molecule has 2 aromatic rings. The Kier molecular flexibility index (Phi) is 3.68. The van der Waals surface area contributed by atoms with Gasteiger partial charge in [-0.05, 0) is 36.6 Å². The van der Waals surface area contributed by atoms with Crippen molar-refractivity contribution in [2.24, 2.45) is 0 Å². The highest BCUT2D eigenvalue weighted by Gasteiger charge is 2.26. The molecule has 0 unspecified atom stereocenters. The van der Waals surface area contributed by atoms with Crippen LogP contribution in [-0.4, -0.2) is 16.1 Å². The zero-order valence-corrected chi connectivity index (χ0v) is 12.1. The van der Waals surface area contributed by atoms with E-state index in [4.69, 9.17) is 23.2 Å². The van der Waals surface area contributed by atoms with Crippen LogP contribution >= 0.6 is 23.2 Å². The Morgan fingerprint density at radius 2 is 2.15 bits per heavy atom. The summed E-state index contributed by atoms with van der Waals surface area (Å²) in [6, 6.07) is 7.01. The number of H-pyrrole nitrogens is 1. The highest BCUT2D eigenvalue weighted by molar-refractivity contribution is 6.35. The maximum atomic E-state index is 12.0. The maximum absolute atomic E-state index is 12.0. The minimum Gasteiger partial charge on any atom is -0.347 e. The van der Waals surface area contributed by atoms with Gasteiger partial charge in [0.15, 0.2) is 0 Å². The molecule has 4 nitrogen and oxygen atoms in total. The van der Waals surface area contributed by atoms with Crippen LogP contribution in [0.2, 0.25) is 10.0 Å². The van der Waals surface area contributed by atoms with E-state index in [1.54, 1.807) is 18.2 Å². The zero-order valence-electron chi connectivity index (χ0n) is 10.6. The summed E-state index contributed by atoms with van der Waals surface area (Å²) in [6.45, 7) is 0.348. The van der Waals surface area contributed by atoms with Crippen LogP contribution in [0.25, 0.3) is 0 Å². The molecule has 104 valence electrons. The van der Waals surface area contributed by atoms with Gasteiger partial charge in [-0.15, -0.1) is 0 Å². The molecule has 1 aromatic carbocycles. The summed E-state index contributed by atoms with van der Waals surface area (Å²) in [6.07, 6.45) is 2.34. The normalized spacial score (nSPS) is 14.3. The second kappa shape index (κ2) is 5.46. The predicted molar refractivity (Wildman–Crippen MR) is 78.2 cm³/mol. The molecule has 3 rings (SSSR count). The third kappa shape index (κ3) is 2.97. The van der Waals surface area contributed by atoms with Gasteiger partial charge in [0.2, 0.25) is 0 Å². The number of carbonyl (C=O) groups excluding carboxylic acids is 1. The molecular formula is C14H13Cl2N3O. The average Bonchev–Trinajstić information content (AvgIpc) is 3.15. The van der Waals surface area contributed by atoms with Gasteiger partial charge >= 0.3 is 0 Å². The van der Waals surface area contributed by atoms with E-state index in [0.717, 1.165) is 11.3 Å². The Morgan fingerprint density at radius 3 is 2.85 bits per heavy atom. The van der Waals surface area contributed by atoms with Crippen molar-refractivity contribution >= 4 is 29.1 Å². The fraction of sp³-hybridized carbons (Fsp3) is 0.286. The van der Waals surface area contributed by atoms with Crippen LogP contribution in [0.3, 0.4) is 0 Å². The van der Waals surface area contributed by atoms with Gasteiger partial charge < -0.3 is 5.32 Å². The van der Waals surface area contributed by atoms with Gasteiger partial charge in [0.25, 0.3) is 5.91 Å². The Labute approximate surface area is 126 Å². The molecule has 0 bridgehead atoms. The number of nitrogens with one attached hydrogen (secondary N) is 2. The van der Waals surface area contributed by atoms with E-state index in [-0.39, 0.29) is 5.91 Å². The van der Waals surface area contributed by atoms with Crippen molar-refractivity contribution in [1.29, 1.82) is 0 Å². The quantitative estimate of drug-likeness (QED) is 0.907. The van der Waals surface area contributed by atoms with Gasteiger partial charge in [-0.2, -0.15) is 5.10 Å². The molecule has 0 spiro atoms. The van der Waals surface area contributed by atoms with Gasteiger partial charge in [-0.1, -0.05) is 29.3 Å². The highest BCUT2D eigenvalue weighted by atomic mass is 35.5. The topological polar surface area (TPSA) is 57.8 Å². The molecule has 6 heteroatoms. The van der Waals surface area contributed by atoms with Gasteiger partial charge in [0.05, 0.1) is 0 Å². The van der Waals surface area contributed by atoms with Crippen LogP contribution in [0.5, 0.6) is 0 Å². The summed E-state index contributed by atoms with van der Waals surface area (Å²) in [4.78, 5) is 12.0. The number of nitrogens with zero attached hydrogens (tertiary/aromatic N) is 1. The van der Waals surface area contributed by atoms with Crippen LogP contribution in [0.15, 0.2) is 24.3 Å². The molecule has 1 saturated carbocycles. The minimum atomic E-state index is -0.209. The van der Waals surface area contributed by atoms with Crippen molar-refractivity contribution in [2.75, 3.05) is 0 Å². The van der Waals surface area contributed by atoms with Crippen molar-refractivity contribution in [1.82, 2.24) is 15.5 Å². The van der Waals surface area contributed by atoms with E-state index in [1.807, 2.05) is 6.07 Å². The van der Waals surface area contributed by atoms with Crippen molar-refractivity contribution in [2.45, 2.75) is 25.3 Å². The summed E-state index contributed by atoms with van der Waals surface area (Å²) >= 11 is 11.9. The Bertz CT molecular complexity index is 650. The summed E-state index contributed by atoms with van der Waals surface area (Å²) in [5, 5.41) is 10.9. The first-order valence-corrected chi connectivity index (χ1v) is 7.16. The van der Waals surface area contributed by atoms with E-state index in [0.29, 0.717) is 28.2 Å². The SMILES string of the molecule is O=C(NCc1ccc(Cl)cc1Cl)c1cc(C2CC2)[nH]n1. The van der Waals surface area contributed by atoms with Crippen LogP contribution in [0.1, 0.15) is 40.5 Å². The fourth-order valence-electron chi connectivity index (χ4n) is 1.99. The molecule has 1 aromatic heterocycles. The smallest absolute Gasteiger partial charge is 0.272 e. The number of benzene rings is 1. The van der Waals surface area contributed by atoms with Gasteiger partial charge in [-0.25, -0.2) is 0 Å². The number of amides is 1. The first-order chi connectivity index (χ1) is 9.63. The van der Waals surface area contributed by atoms with E-state index in [9.17, 15) is 4.79 Å². The summed E-state index contributed by atoms with van der Waals surface area (Å²) in [5.74, 6) is 0.342. The molecule has 0 atom stereocenters. The molecule has 20 heavy (non-hydrogen) atoms. The first-order valence-electron chi connectivity index (χ1n) is 6.41. The lowest BCUT2D eigenvalue weighted by atomic mass is 10.2. The number of hydrogen-bond donors (Lipinski definition) is 2. The highest BCUT2D eigenvalue weighted by Crippen LogP contribution is 2.38. The summed E-state index contributed by atoms with van der Waals surface area (Å²) in [7, 11) is 0. The fourth-order valence-corrected chi connectivity index (χ4v) is 2.46.